The highest BCUT2D eigenvalue weighted by Crippen LogP contribution is 2.33. The molecule has 0 saturated heterocycles. The van der Waals surface area contributed by atoms with Gasteiger partial charge in [-0.05, 0) is 37.0 Å². The Bertz CT molecular complexity index is 957. The number of benzene rings is 2. The van der Waals surface area contributed by atoms with Crippen LogP contribution in [0.5, 0.6) is 0 Å². The van der Waals surface area contributed by atoms with Crippen molar-refractivity contribution in [3.05, 3.63) is 66.0 Å². The van der Waals surface area contributed by atoms with Gasteiger partial charge in [0.1, 0.15) is 11.6 Å². The van der Waals surface area contributed by atoms with Gasteiger partial charge in [0.2, 0.25) is 0 Å². The number of halogens is 1. The number of hydrogen-bond donors (Lipinski definition) is 0. The molecule has 1 atom stereocenters. The van der Waals surface area contributed by atoms with Crippen molar-refractivity contribution in [3.63, 3.8) is 0 Å². The molecule has 3 aromatic rings. The zero-order valence-electron chi connectivity index (χ0n) is 15.6. The Morgan fingerprint density at radius 3 is 2.61 bits per heavy atom. The zero-order valence-corrected chi connectivity index (χ0v) is 16.4. The van der Waals surface area contributed by atoms with Crippen molar-refractivity contribution in [3.8, 4) is 11.4 Å². The van der Waals surface area contributed by atoms with Crippen LogP contribution in [0.2, 0.25) is 0 Å². The van der Waals surface area contributed by atoms with Crippen molar-refractivity contribution in [2.75, 3.05) is 0 Å². The minimum atomic E-state index is -0.318. The lowest BCUT2D eigenvalue weighted by Gasteiger charge is -2.20. The average Bonchev–Trinajstić information content (AvgIpc) is 3.11. The summed E-state index contributed by atoms with van der Waals surface area (Å²) in [4.78, 5) is 12.3. The van der Waals surface area contributed by atoms with E-state index in [1.165, 1.54) is 23.4 Å². The lowest BCUT2D eigenvalue weighted by molar-refractivity contribution is -0.119. The minimum Gasteiger partial charge on any atom is -0.302 e. The van der Waals surface area contributed by atoms with Crippen LogP contribution in [0, 0.1) is 5.82 Å². The third-order valence-electron chi connectivity index (χ3n) is 5.04. The van der Waals surface area contributed by atoms with E-state index < -0.39 is 0 Å². The molecule has 4 nitrogen and oxygen atoms in total. The van der Waals surface area contributed by atoms with Gasteiger partial charge in [-0.1, -0.05) is 60.6 Å². The summed E-state index contributed by atoms with van der Waals surface area (Å²) in [6.07, 6.45) is 4.31. The van der Waals surface area contributed by atoms with Crippen molar-refractivity contribution in [2.45, 2.75) is 49.1 Å². The number of aromatic nitrogens is 3. The lowest BCUT2D eigenvalue weighted by Crippen LogP contribution is -2.22. The number of nitrogens with zero attached hydrogens (tertiary/aromatic N) is 3. The molecule has 1 saturated carbocycles. The van der Waals surface area contributed by atoms with Crippen molar-refractivity contribution in [2.24, 2.45) is 0 Å². The van der Waals surface area contributed by atoms with Crippen LogP contribution in [-0.4, -0.2) is 25.8 Å². The summed E-state index contributed by atoms with van der Waals surface area (Å²) in [5, 5.41) is 9.23. The van der Waals surface area contributed by atoms with E-state index in [4.69, 9.17) is 0 Å². The molecule has 144 valence electrons. The number of carbonyl (C=O) groups is 1. The second-order valence-corrected chi connectivity index (χ2v) is 8.16. The van der Waals surface area contributed by atoms with Crippen LogP contribution in [0.15, 0.2) is 59.8 Å². The Morgan fingerprint density at radius 1 is 1.04 bits per heavy atom. The molecule has 0 N–H and O–H groups in total. The van der Waals surface area contributed by atoms with Crippen molar-refractivity contribution in [1.29, 1.82) is 0 Å². The van der Waals surface area contributed by atoms with Gasteiger partial charge in [-0.25, -0.2) is 4.39 Å². The molecule has 0 unspecified atom stereocenters. The van der Waals surface area contributed by atoms with Crippen LogP contribution < -0.4 is 0 Å². The van der Waals surface area contributed by atoms with Gasteiger partial charge in [-0.15, -0.1) is 10.2 Å². The van der Waals surface area contributed by atoms with Crippen LogP contribution in [0.4, 0.5) is 4.39 Å². The highest BCUT2D eigenvalue weighted by molar-refractivity contribution is 8.00. The lowest BCUT2D eigenvalue weighted by atomic mass is 9.99. The van der Waals surface area contributed by atoms with E-state index in [-0.39, 0.29) is 16.9 Å². The van der Waals surface area contributed by atoms with Crippen LogP contribution in [-0.2, 0) is 17.8 Å². The molecule has 1 aliphatic carbocycles. The number of aryl methyl sites for hydroxylation is 1. The summed E-state index contributed by atoms with van der Waals surface area (Å²) in [6.45, 7) is 0.629. The number of rotatable bonds is 6. The maximum atomic E-state index is 14.4. The first-order chi connectivity index (χ1) is 13.7. The molecule has 0 aliphatic heterocycles. The standard InChI is InChI=1S/C22H22FN3OS/c23-18-11-5-4-10-17(18)21-24-25-22(28-20-13-7-6-12-19(20)27)26(21)15-14-16-8-2-1-3-9-16/h1-5,8-11,20H,6-7,12-15H2/t20-/m1/s1. The molecule has 0 amide bonds. The first kappa shape index (κ1) is 18.9. The third-order valence-corrected chi connectivity index (χ3v) is 6.34. The molecule has 1 fully saturated rings. The molecule has 0 spiro atoms. The predicted octanol–water partition coefficient (Wildman–Crippen LogP) is 4.93. The summed E-state index contributed by atoms with van der Waals surface area (Å²) < 4.78 is 16.4. The Hall–Kier alpha value is -2.47. The Morgan fingerprint density at radius 2 is 1.82 bits per heavy atom. The number of carbonyl (C=O) groups excluding carboxylic acids is 1. The van der Waals surface area contributed by atoms with Gasteiger partial charge in [-0.3, -0.25) is 4.79 Å². The van der Waals surface area contributed by atoms with E-state index >= 15 is 0 Å². The minimum absolute atomic E-state index is 0.0816. The Labute approximate surface area is 168 Å². The second kappa shape index (κ2) is 8.69. The molecule has 4 rings (SSSR count). The highest BCUT2D eigenvalue weighted by Gasteiger charge is 2.26. The summed E-state index contributed by atoms with van der Waals surface area (Å²) in [7, 11) is 0. The summed E-state index contributed by atoms with van der Waals surface area (Å²) in [6, 6.07) is 16.8. The molecular formula is C22H22FN3OS. The van der Waals surface area contributed by atoms with Crippen LogP contribution >= 0.6 is 11.8 Å². The Kier molecular flexibility index (Phi) is 5.86. The van der Waals surface area contributed by atoms with Crippen molar-refractivity contribution >= 4 is 17.5 Å². The zero-order chi connectivity index (χ0) is 19.3. The molecule has 1 aliphatic rings. The van der Waals surface area contributed by atoms with Gasteiger partial charge >= 0.3 is 0 Å². The Balaban J connectivity index is 1.65. The molecule has 28 heavy (non-hydrogen) atoms. The molecule has 6 heteroatoms. The van der Waals surface area contributed by atoms with E-state index in [2.05, 4.69) is 22.3 Å². The molecule has 2 aromatic carbocycles. The largest absolute Gasteiger partial charge is 0.302 e. The summed E-state index contributed by atoms with van der Waals surface area (Å²) >= 11 is 1.47. The van der Waals surface area contributed by atoms with Gasteiger partial charge in [0.05, 0.1) is 10.8 Å². The third kappa shape index (κ3) is 4.17. The number of Topliss-reactive ketones (excluding diaryl/α,β-unsaturated/α-hetero) is 1. The van der Waals surface area contributed by atoms with Crippen LogP contribution in [0.1, 0.15) is 31.2 Å². The van der Waals surface area contributed by atoms with Crippen LogP contribution in [0.3, 0.4) is 0 Å². The van der Waals surface area contributed by atoms with E-state index in [0.717, 1.165) is 25.7 Å². The van der Waals surface area contributed by atoms with Gasteiger partial charge in [0.15, 0.2) is 11.0 Å². The topological polar surface area (TPSA) is 47.8 Å². The van der Waals surface area contributed by atoms with Gasteiger partial charge in [0, 0.05) is 13.0 Å². The molecule has 0 radical (unpaired) electrons. The smallest absolute Gasteiger partial charge is 0.192 e. The fourth-order valence-corrected chi connectivity index (χ4v) is 4.69. The first-order valence-corrected chi connectivity index (χ1v) is 10.5. The van der Waals surface area contributed by atoms with Gasteiger partial charge in [-0.2, -0.15) is 0 Å². The monoisotopic (exact) mass is 395 g/mol. The fourth-order valence-electron chi connectivity index (χ4n) is 3.51. The van der Waals surface area contributed by atoms with Gasteiger partial charge in [0.25, 0.3) is 0 Å². The van der Waals surface area contributed by atoms with E-state index in [9.17, 15) is 9.18 Å². The SMILES string of the molecule is O=C1CCCC[C@H]1Sc1nnc(-c2ccccc2F)n1CCc1ccccc1. The number of thioether (sulfide) groups is 1. The first-order valence-electron chi connectivity index (χ1n) is 9.64. The quantitative estimate of drug-likeness (QED) is 0.594. The molecule has 0 bridgehead atoms. The summed E-state index contributed by atoms with van der Waals surface area (Å²) in [5.74, 6) is 0.474. The normalized spacial score (nSPS) is 17.0. The maximum absolute atomic E-state index is 14.4. The molecular weight excluding hydrogens is 373 g/mol. The van der Waals surface area contributed by atoms with Crippen molar-refractivity contribution in [1.82, 2.24) is 14.8 Å². The average molecular weight is 396 g/mol. The van der Waals surface area contributed by atoms with E-state index in [0.29, 0.717) is 29.5 Å². The second-order valence-electron chi connectivity index (χ2n) is 6.99. The predicted molar refractivity (Wildman–Crippen MR) is 109 cm³/mol. The number of ketones is 1. The fraction of sp³-hybridized carbons (Fsp3) is 0.318. The summed E-state index contributed by atoms with van der Waals surface area (Å²) in [5.41, 5.74) is 1.63. The maximum Gasteiger partial charge on any atom is 0.192 e. The number of hydrogen-bond acceptors (Lipinski definition) is 4. The van der Waals surface area contributed by atoms with Crippen LogP contribution in [0.25, 0.3) is 11.4 Å². The van der Waals surface area contributed by atoms with Crippen molar-refractivity contribution < 1.29 is 9.18 Å². The highest BCUT2D eigenvalue weighted by atomic mass is 32.2. The van der Waals surface area contributed by atoms with E-state index in [1.807, 2.05) is 22.8 Å². The molecule has 1 aromatic heterocycles. The van der Waals surface area contributed by atoms with E-state index in [1.54, 1.807) is 18.2 Å². The molecule has 1 heterocycles. The van der Waals surface area contributed by atoms with Gasteiger partial charge < -0.3 is 4.57 Å².